The van der Waals surface area contributed by atoms with Crippen molar-refractivity contribution >= 4 is 21.6 Å². The lowest BCUT2D eigenvalue weighted by Gasteiger charge is -2.27. The molecule has 0 radical (unpaired) electrons. The molecule has 3 aromatic rings. The zero-order valence-electron chi connectivity index (χ0n) is 21.0. The van der Waals surface area contributed by atoms with Crippen molar-refractivity contribution in [3.05, 3.63) is 94.0 Å². The standard InChI is InChI=1S/C29H34N2O3S/c1-20-10-15-27(16-11-20)35(33,34)31(28-17-21(2)9-12-22(28)3)19-29(32)30-23(4)25-14-13-24-7-5-6-8-26(24)18-25/h9-18,23H,5-8,19H2,1-4H3,(H,30,32). The van der Waals surface area contributed by atoms with Gasteiger partial charge < -0.3 is 5.32 Å². The van der Waals surface area contributed by atoms with Gasteiger partial charge in [-0.25, -0.2) is 8.42 Å². The molecule has 0 heterocycles. The van der Waals surface area contributed by atoms with Crippen molar-refractivity contribution < 1.29 is 13.2 Å². The topological polar surface area (TPSA) is 66.5 Å². The molecule has 5 nitrogen and oxygen atoms in total. The van der Waals surface area contributed by atoms with Crippen molar-refractivity contribution in [2.45, 2.75) is 64.3 Å². The molecule has 184 valence electrons. The van der Waals surface area contributed by atoms with Crippen molar-refractivity contribution in [2.24, 2.45) is 0 Å². The molecule has 0 saturated carbocycles. The number of aryl methyl sites for hydroxylation is 5. The maximum atomic E-state index is 13.7. The first kappa shape index (κ1) is 25.0. The van der Waals surface area contributed by atoms with E-state index in [1.807, 2.05) is 45.9 Å². The molecule has 1 amide bonds. The number of sulfonamides is 1. The molecular formula is C29H34N2O3S. The van der Waals surface area contributed by atoms with E-state index in [9.17, 15) is 13.2 Å². The van der Waals surface area contributed by atoms with Crippen LogP contribution in [0, 0.1) is 20.8 Å². The number of carbonyl (C=O) groups excluding carboxylic acids is 1. The normalized spacial score (nSPS) is 14.2. The molecule has 0 aliphatic heterocycles. The molecule has 1 N–H and O–H groups in total. The van der Waals surface area contributed by atoms with E-state index < -0.39 is 10.0 Å². The minimum absolute atomic E-state index is 0.166. The summed E-state index contributed by atoms with van der Waals surface area (Å²) in [7, 11) is -3.95. The van der Waals surface area contributed by atoms with Crippen molar-refractivity contribution in [1.29, 1.82) is 0 Å². The Hall–Kier alpha value is -3.12. The third kappa shape index (κ3) is 5.59. The minimum Gasteiger partial charge on any atom is -0.348 e. The van der Waals surface area contributed by atoms with Crippen molar-refractivity contribution in [2.75, 3.05) is 10.8 Å². The third-order valence-electron chi connectivity index (χ3n) is 6.78. The fraction of sp³-hybridized carbons (Fsp3) is 0.345. The molecular weight excluding hydrogens is 456 g/mol. The van der Waals surface area contributed by atoms with E-state index in [2.05, 4.69) is 23.5 Å². The fourth-order valence-corrected chi connectivity index (χ4v) is 6.13. The average Bonchev–Trinajstić information content (AvgIpc) is 2.84. The van der Waals surface area contributed by atoms with Crippen LogP contribution in [0.25, 0.3) is 0 Å². The zero-order valence-corrected chi connectivity index (χ0v) is 21.8. The number of hydrogen-bond acceptors (Lipinski definition) is 3. The lowest BCUT2D eigenvalue weighted by molar-refractivity contribution is -0.120. The highest BCUT2D eigenvalue weighted by Gasteiger charge is 2.29. The van der Waals surface area contributed by atoms with Gasteiger partial charge in [-0.2, -0.15) is 0 Å². The molecule has 1 unspecified atom stereocenters. The van der Waals surface area contributed by atoms with Gasteiger partial charge in [0.25, 0.3) is 10.0 Å². The van der Waals surface area contributed by atoms with Gasteiger partial charge in [0.05, 0.1) is 16.6 Å². The second-order valence-electron chi connectivity index (χ2n) is 9.64. The van der Waals surface area contributed by atoms with Crippen LogP contribution in [0.2, 0.25) is 0 Å². The molecule has 3 aromatic carbocycles. The van der Waals surface area contributed by atoms with Crippen LogP contribution in [-0.4, -0.2) is 20.9 Å². The minimum atomic E-state index is -3.95. The van der Waals surface area contributed by atoms with Gasteiger partial charge in [0, 0.05) is 0 Å². The van der Waals surface area contributed by atoms with Gasteiger partial charge in [-0.3, -0.25) is 9.10 Å². The number of anilines is 1. The van der Waals surface area contributed by atoms with Gasteiger partial charge in [0.15, 0.2) is 0 Å². The number of carbonyl (C=O) groups is 1. The summed E-state index contributed by atoms with van der Waals surface area (Å²) in [4.78, 5) is 13.4. The molecule has 4 rings (SSSR count). The average molecular weight is 491 g/mol. The number of hydrogen-bond donors (Lipinski definition) is 1. The van der Waals surface area contributed by atoms with E-state index in [1.54, 1.807) is 24.3 Å². The summed E-state index contributed by atoms with van der Waals surface area (Å²) >= 11 is 0. The summed E-state index contributed by atoms with van der Waals surface area (Å²) in [5.41, 5.74) is 7.00. The summed E-state index contributed by atoms with van der Waals surface area (Å²) in [6.45, 7) is 7.33. The molecule has 0 bridgehead atoms. The van der Waals surface area contributed by atoms with Crippen molar-refractivity contribution in [3.8, 4) is 0 Å². The Morgan fingerprint density at radius 2 is 1.54 bits per heavy atom. The van der Waals surface area contributed by atoms with Crippen LogP contribution >= 0.6 is 0 Å². The van der Waals surface area contributed by atoms with Crippen LogP contribution < -0.4 is 9.62 Å². The van der Waals surface area contributed by atoms with Crippen LogP contribution in [0.15, 0.2) is 65.6 Å². The number of benzene rings is 3. The largest absolute Gasteiger partial charge is 0.348 e. The maximum Gasteiger partial charge on any atom is 0.264 e. The molecule has 6 heteroatoms. The van der Waals surface area contributed by atoms with Gasteiger partial charge in [0.2, 0.25) is 5.91 Å². The zero-order chi connectivity index (χ0) is 25.2. The Balaban J connectivity index is 1.61. The first-order valence-electron chi connectivity index (χ1n) is 12.2. The number of nitrogens with one attached hydrogen (secondary N) is 1. The third-order valence-corrected chi connectivity index (χ3v) is 8.55. The second kappa shape index (κ2) is 10.2. The summed E-state index contributed by atoms with van der Waals surface area (Å²) in [6.07, 6.45) is 4.60. The quantitative estimate of drug-likeness (QED) is 0.471. The molecule has 0 spiro atoms. The molecule has 0 aromatic heterocycles. The number of fused-ring (bicyclic) bond motifs is 1. The van der Waals surface area contributed by atoms with Crippen LogP contribution in [0.3, 0.4) is 0 Å². The highest BCUT2D eigenvalue weighted by Crippen LogP contribution is 2.29. The van der Waals surface area contributed by atoms with Crippen molar-refractivity contribution in [1.82, 2.24) is 5.32 Å². The van der Waals surface area contributed by atoms with Crippen LogP contribution in [0.4, 0.5) is 5.69 Å². The summed E-state index contributed by atoms with van der Waals surface area (Å²) < 4.78 is 28.6. The molecule has 1 aliphatic carbocycles. The smallest absolute Gasteiger partial charge is 0.264 e. The lowest BCUT2D eigenvalue weighted by atomic mass is 9.89. The number of amides is 1. The number of nitrogens with zero attached hydrogens (tertiary/aromatic N) is 1. The SMILES string of the molecule is Cc1ccc(S(=O)(=O)N(CC(=O)NC(C)c2ccc3c(c2)CCCC3)c2cc(C)ccc2C)cc1. The Bertz CT molecular complexity index is 1330. The van der Waals surface area contributed by atoms with E-state index in [0.29, 0.717) is 5.69 Å². The summed E-state index contributed by atoms with van der Waals surface area (Å²) in [5.74, 6) is -0.341. The van der Waals surface area contributed by atoms with Gasteiger partial charge in [-0.05, 0) is 99.4 Å². The van der Waals surface area contributed by atoms with Crippen LogP contribution in [0.5, 0.6) is 0 Å². The maximum absolute atomic E-state index is 13.7. The fourth-order valence-electron chi connectivity index (χ4n) is 4.65. The van der Waals surface area contributed by atoms with E-state index in [1.165, 1.54) is 28.3 Å². The predicted octanol–water partition coefficient (Wildman–Crippen LogP) is 5.56. The molecule has 0 saturated heterocycles. The first-order chi connectivity index (χ1) is 16.6. The van der Waals surface area contributed by atoms with E-state index in [0.717, 1.165) is 35.1 Å². The van der Waals surface area contributed by atoms with Crippen molar-refractivity contribution in [3.63, 3.8) is 0 Å². The monoisotopic (exact) mass is 490 g/mol. The highest BCUT2D eigenvalue weighted by molar-refractivity contribution is 7.92. The molecule has 1 atom stereocenters. The highest BCUT2D eigenvalue weighted by atomic mass is 32.2. The van der Waals surface area contributed by atoms with Gasteiger partial charge in [-0.1, -0.05) is 48.0 Å². The molecule has 0 fully saturated rings. The predicted molar refractivity (Wildman–Crippen MR) is 141 cm³/mol. The summed E-state index contributed by atoms with van der Waals surface area (Å²) in [6, 6.07) is 18.6. The summed E-state index contributed by atoms with van der Waals surface area (Å²) in [5, 5.41) is 3.02. The Labute approximate surface area is 209 Å². The van der Waals surface area contributed by atoms with Gasteiger partial charge in [0.1, 0.15) is 6.54 Å². The Kier molecular flexibility index (Phi) is 7.31. The van der Waals surface area contributed by atoms with Crippen LogP contribution in [-0.2, 0) is 27.7 Å². The van der Waals surface area contributed by atoms with E-state index in [4.69, 9.17) is 0 Å². The molecule has 35 heavy (non-hydrogen) atoms. The van der Waals surface area contributed by atoms with Gasteiger partial charge in [-0.15, -0.1) is 0 Å². The van der Waals surface area contributed by atoms with Gasteiger partial charge >= 0.3 is 0 Å². The lowest BCUT2D eigenvalue weighted by Crippen LogP contribution is -2.42. The first-order valence-corrected chi connectivity index (χ1v) is 13.7. The van der Waals surface area contributed by atoms with E-state index in [-0.39, 0.29) is 23.4 Å². The van der Waals surface area contributed by atoms with E-state index >= 15 is 0 Å². The van der Waals surface area contributed by atoms with Crippen LogP contribution in [0.1, 0.15) is 59.2 Å². The number of rotatable bonds is 7. The Morgan fingerprint density at radius 1 is 0.886 bits per heavy atom. The second-order valence-corrected chi connectivity index (χ2v) is 11.5. The Morgan fingerprint density at radius 3 is 2.26 bits per heavy atom. The molecule has 1 aliphatic rings.